The first kappa shape index (κ1) is 15.5. The van der Waals surface area contributed by atoms with Crippen LogP contribution in [-0.2, 0) is 16.0 Å². The van der Waals surface area contributed by atoms with Gasteiger partial charge >= 0.3 is 0 Å². The summed E-state index contributed by atoms with van der Waals surface area (Å²) in [6, 6.07) is 6.47. The maximum Gasteiger partial charge on any atom is 0.225 e. The van der Waals surface area contributed by atoms with Gasteiger partial charge in [-0.15, -0.1) is 0 Å². The highest BCUT2D eigenvalue weighted by Crippen LogP contribution is 2.20. The molecule has 21 heavy (non-hydrogen) atoms. The second-order valence-corrected chi connectivity index (χ2v) is 5.71. The van der Waals surface area contributed by atoms with Crippen molar-refractivity contribution < 1.29 is 14.0 Å². The van der Waals surface area contributed by atoms with E-state index in [-0.39, 0.29) is 36.0 Å². The Labute approximate surface area is 124 Å². The number of nitrogens with zero attached hydrogens (tertiary/aromatic N) is 1. The third-order valence-corrected chi connectivity index (χ3v) is 3.75. The lowest BCUT2D eigenvalue weighted by Gasteiger charge is -2.20. The predicted molar refractivity (Wildman–Crippen MR) is 78.1 cm³/mol. The summed E-state index contributed by atoms with van der Waals surface area (Å²) in [6.07, 6.45) is 0.863. The molecule has 1 saturated heterocycles. The zero-order valence-electron chi connectivity index (χ0n) is 12.4. The molecule has 114 valence electrons. The van der Waals surface area contributed by atoms with Crippen molar-refractivity contribution in [2.24, 2.45) is 5.92 Å². The molecule has 1 heterocycles. The highest BCUT2D eigenvalue weighted by molar-refractivity contribution is 5.89. The molecule has 2 amide bonds. The molecule has 0 aliphatic carbocycles. The molecule has 1 unspecified atom stereocenters. The van der Waals surface area contributed by atoms with Crippen molar-refractivity contribution >= 4 is 11.8 Å². The molecule has 1 aromatic carbocycles. The Bertz CT molecular complexity index is 531. The summed E-state index contributed by atoms with van der Waals surface area (Å²) < 4.78 is 13.0. The molecule has 1 N–H and O–H groups in total. The van der Waals surface area contributed by atoms with E-state index < -0.39 is 0 Å². The highest BCUT2D eigenvalue weighted by atomic mass is 19.1. The molecule has 1 fully saturated rings. The van der Waals surface area contributed by atoms with E-state index in [4.69, 9.17) is 0 Å². The van der Waals surface area contributed by atoms with Gasteiger partial charge in [-0.2, -0.15) is 0 Å². The van der Waals surface area contributed by atoms with Gasteiger partial charge in [0.2, 0.25) is 11.8 Å². The van der Waals surface area contributed by atoms with Gasteiger partial charge in [0.25, 0.3) is 0 Å². The second-order valence-electron chi connectivity index (χ2n) is 5.71. The van der Waals surface area contributed by atoms with Crippen LogP contribution >= 0.6 is 0 Å². The van der Waals surface area contributed by atoms with Crippen molar-refractivity contribution in [2.45, 2.75) is 32.7 Å². The van der Waals surface area contributed by atoms with Crippen molar-refractivity contribution in [1.29, 1.82) is 0 Å². The van der Waals surface area contributed by atoms with Gasteiger partial charge in [-0.3, -0.25) is 9.59 Å². The minimum Gasteiger partial charge on any atom is -0.355 e. The van der Waals surface area contributed by atoms with Crippen LogP contribution in [0, 0.1) is 11.7 Å². The first-order chi connectivity index (χ1) is 9.97. The van der Waals surface area contributed by atoms with Crippen LogP contribution in [0.2, 0.25) is 0 Å². The van der Waals surface area contributed by atoms with E-state index in [2.05, 4.69) is 5.32 Å². The number of halogens is 1. The summed E-state index contributed by atoms with van der Waals surface area (Å²) in [5, 5.41) is 2.83. The third-order valence-electron chi connectivity index (χ3n) is 3.75. The summed E-state index contributed by atoms with van der Waals surface area (Å²) in [5.74, 6) is -0.599. The normalized spacial score (nSPS) is 18.4. The van der Waals surface area contributed by atoms with Crippen molar-refractivity contribution in [2.75, 3.05) is 13.1 Å². The van der Waals surface area contributed by atoms with Crippen molar-refractivity contribution in [3.05, 3.63) is 35.6 Å². The van der Waals surface area contributed by atoms with E-state index >= 15 is 0 Å². The molecule has 0 radical (unpaired) electrons. The molecule has 5 heteroatoms. The first-order valence-electron chi connectivity index (χ1n) is 7.29. The van der Waals surface area contributed by atoms with Crippen molar-refractivity contribution in [1.82, 2.24) is 10.2 Å². The standard InChI is InChI=1S/C16H21FN2O2/c1-11(2)19-10-13(9-15(19)20)16(21)18-7-6-12-4-3-5-14(17)8-12/h3-5,8,11,13H,6-7,9-10H2,1-2H3,(H,18,21). The van der Waals surface area contributed by atoms with Gasteiger partial charge < -0.3 is 10.2 Å². The Hall–Kier alpha value is -1.91. The maximum absolute atomic E-state index is 13.0. The zero-order valence-corrected chi connectivity index (χ0v) is 12.4. The number of likely N-dealkylation sites (tertiary alicyclic amines) is 1. The van der Waals surface area contributed by atoms with Crippen LogP contribution in [0.15, 0.2) is 24.3 Å². The fraction of sp³-hybridized carbons (Fsp3) is 0.500. The quantitative estimate of drug-likeness (QED) is 0.898. The topological polar surface area (TPSA) is 49.4 Å². The van der Waals surface area contributed by atoms with Crippen LogP contribution in [0.4, 0.5) is 4.39 Å². The Morgan fingerprint density at radius 1 is 1.48 bits per heavy atom. The fourth-order valence-corrected chi connectivity index (χ4v) is 2.57. The number of hydrogen-bond donors (Lipinski definition) is 1. The molecule has 1 aromatic rings. The highest BCUT2D eigenvalue weighted by Gasteiger charge is 2.35. The Kier molecular flexibility index (Phi) is 4.94. The monoisotopic (exact) mass is 292 g/mol. The minimum absolute atomic E-state index is 0.0373. The summed E-state index contributed by atoms with van der Waals surface area (Å²) >= 11 is 0. The molecule has 0 spiro atoms. The van der Waals surface area contributed by atoms with E-state index in [1.807, 2.05) is 19.9 Å². The number of nitrogens with one attached hydrogen (secondary N) is 1. The molecule has 1 aliphatic heterocycles. The number of amides is 2. The number of benzene rings is 1. The molecule has 2 rings (SSSR count). The molecule has 0 bridgehead atoms. The smallest absolute Gasteiger partial charge is 0.225 e. The van der Waals surface area contributed by atoms with Crippen LogP contribution in [0.25, 0.3) is 0 Å². The zero-order chi connectivity index (χ0) is 15.4. The van der Waals surface area contributed by atoms with Crippen LogP contribution in [0.1, 0.15) is 25.8 Å². The van der Waals surface area contributed by atoms with Gasteiger partial charge in [0.15, 0.2) is 0 Å². The molecule has 1 aliphatic rings. The van der Waals surface area contributed by atoms with Gasteiger partial charge in [-0.1, -0.05) is 12.1 Å². The van der Waals surface area contributed by atoms with Gasteiger partial charge in [0, 0.05) is 25.6 Å². The lowest BCUT2D eigenvalue weighted by molar-refractivity contribution is -0.129. The number of carbonyl (C=O) groups excluding carboxylic acids is 2. The summed E-state index contributed by atoms with van der Waals surface area (Å²) in [4.78, 5) is 25.6. The van der Waals surface area contributed by atoms with E-state index in [0.29, 0.717) is 19.5 Å². The molecular weight excluding hydrogens is 271 g/mol. The van der Waals surface area contributed by atoms with Crippen LogP contribution in [0.3, 0.4) is 0 Å². The van der Waals surface area contributed by atoms with Crippen LogP contribution in [-0.4, -0.2) is 35.8 Å². The minimum atomic E-state index is -0.271. The number of rotatable bonds is 5. The summed E-state index contributed by atoms with van der Waals surface area (Å²) in [6.45, 7) is 4.83. The fourth-order valence-electron chi connectivity index (χ4n) is 2.57. The molecule has 1 atom stereocenters. The Balaban J connectivity index is 1.79. The van der Waals surface area contributed by atoms with Gasteiger partial charge in [0.1, 0.15) is 5.82 Å². The van der Waals surface area contributed by atoms with Gasteiger partial charge in [-0.05, 0) is 38.0 Å². The predicted octanol–water partition coefficient (Wildman–Crippen LogP) is 1.74. The average Bonchev–Trinajstić information content (AvgIpc) is 2.81. The molecule has 0 saturated carbocycles. The molecular formula is C16H21FN2O2. The lowest BCUT2D eigenvalue weighted by atomic mass is 10.1. The first-order valence-corrected chi connectivity index (χ1v) is 7.29. The van der Waals surface area contributed by atoms with E-state index in [1.54, 1.807) is 11.0 Å². The van der Waals surface area contributed by atoms with Crippen LogP contribution < -0.4 is 5.32 Å². The van der Waals surface area contributed by atoms with Crippen molar-refractivity contribution in [3.63, 3.8) is 0 Å². The Morgan fingerprint density at radius 2 is 2.24 bits per heavy atom. The maximum atomic E-state index is 13.0. The average molecular weight is 292 g/mol. The number of hydrogen-bond acceptors (Lipinski definition) is 2. The number of carbonyl (C=O) groups is 2. The SMILES string of the molecule is CC(C)N1CC(C(=O)NCCc2cccc(F)c2)CC1=O. The molecule has 4 nitrogen and oxygen atoms in total. The van der Waals surface area contributed by atoms with Gasteiger partial charge in [0.05, 0.1) is 5.92 Å². The van der Waals surface area contributed by atoms with E-state index in [9.17, 15) is 14.0 Å². The van der Waals surface area contributed by atoms with E-state index in [0.717, 1.165) is 5.56 Å². The summed E-state index contributed by atoms with van der Waals surface area (Å²) in [5.41, 5.74) is 0.849. The summed E-state index contributed by atoms with van der Waals surface area (Å²) in [7, 11) is 0. The molecule has 0 aromatic heterocycles. The third kappa shape index (κ3) is 4.03. The van der Waals surface area contributed by atoms with Gasteiger partial charge in [-0.25, -0.2) is 4.39 Å². The largest absolute Gasteiger partial charge is 0.355 e. The van der Waals surface area contributed by atoms with Crippen LogP contribution in [0.5, 0.6) is 0 Å². The lowest BCUT2D eigenvalue weighted by Crippen LogP contribution is -2.36. The Morgan fingerprint density at radius 3 is 2.86 bits per heavy atom. The van der Waals surface area contributed by atoms with Crippen molar-refractivity contribution in [3.8, 4) is 0 Å². The van der Waals surface area contributed by atoms with E-state index in [1.165, 1.54) is 12.1 Å². The second kappa shape index (κ2) is 6.70.